The van der Waals surface area contributed by atoms with Gasteiger partial charge in [-0.25, -0.2) is 0 Å². The number of aromatic nitrogens is 2. The summed E-state index contributed by atoms with van der Waals surface area (Å²) in [6.07, 6.45) is -7.25. The maximum absolute atomic E-state index is 12.4. The normalized spacial score (nSPS) is 15.5. The molecule has 0 aliphatic carbocycles. The van der Waals surface area contributed by atoms with Crippen LogP contribution in [0.5, 0.6) is 0 Å². The van der Waals surface area contributed by atoms with Crippen molar-refractivity contribution in [2.75, 3.05) is 0 Å². The van der Waals surface area contributed by atoms with E-state index in [1.54, 1.807) is 12.1 Å². The second-order valence-electron chi connectivity index (χ2n) is 3.84. The van der Waals surface area contributed by atoms with Gasteiger partial charge in [0.25, 0.3) is 0 Å². The molecule has 0 aromatic carbocycles. The van der Waals surface area contributed by atoms with E-state index in [-0.39, 0.29) is 11.7 Å². The third-order valence-corrected chi connectivity index (χ3v) is 4.05. The van der Waals surface area contributed by atoms with Gasteiger partial charge in [0.2, 0.25) is 11.7 Å². The highest BCUT2D eigenvalue weighted by Crippen LogP contribution is 2.33. The van der Waals surface area contributed by atoms with Gasteiger partial charge in [-0.05, 0) is 28.1 Å². The van der Waals surface area contributed by atoms with Gasteiger partial charge in [-0.1, -0.05) is 12.1 Å². The van der Waals surface area contributed by atoms with Crippen LogP contribution in [0, 0.1) is 0 Å². The lowest BCUT2D eigenvalue weighted by Crippen LogP contribution is -2.33. The second kappa shape index (κ2) is 5.22. The monoisotopic (exact) mass is 356 g/mol. The predicted molar refractivity (Wildman–Crippen MR) is 65.8 cm³/mol. The fourth-order valence-corrected chi connectivity index (χ4v) is 2.69. The lowest BCUT2D eigenvalue weighted by atomic mass is 10.1. The molecular weight excluding hydrogens is 349 g/mol. The van der Waals surface area contributed by atoms with E-state index in [2.05, 4.69) is 26.1 Å². The summed E-state index contributed by atoms with van der Waals surface area (Å²) in [5, 5.41) is 12.7. The Morgan fingerprint density at radius 1 is 1.42 bits per heavy atom. The van der Waals surface area contributed by atoms with Gasteiger partial charge in [0, 0.05) is 0 Å². The average Bonchev–Trinajstić information content (AvgIpc) is 2.94. The first-order valence-corrected chi connectivity index (χ1v) is 6.74. The molecule has 0 amide bonds. The van der Waals surface area contributed by atoms with E-state index in [1.807, 2.05) is 0 Å². The van der Waals surface area contributed by atoms with Crippen molar-refractivity contribution >= 4 is 27.3 Å². The SMILES string of the molecule is CC(c1nc(-c2ccc(Br)s2)no1)C(O)C(F)(F)F. The van der Waals surface area contributed by atoms with Gasteiger partial charge in [0.15, 0.2) is 6.10 Å². The molecule has 0 bridgehead atoms. The van der Waals surface area contributed by atoms with E-state index < -0.39 is 18.2 Å². The minimum atomic E-state index is -4.72. The van der Waals surface area contributed by atoms with Crippen LogP contribution in [-0.4, -0.2) is 27.5 Å². The molecule has 0 radical (unpaired) electrons. The molecule has 0 aliphatic heterocycles. The second-order valence-corrected chi connectivity index (χ2v) is 6.30. The maximum atomic E-state index is 12.4. The fraction of sp³-hybridized carbons (Fsp3) is 0.400. The molecule has 2 rings (SSSR count). The molecule has 2 aromatic rings. The molecule has 2 atom stereocenters. The Hall–Kier alpha value is -0.930. The number of rotatable bonds is 3. The third-order valence-electron chi connectivity index (χ3n) is 2.43. The maximum Gasteiger partial charge on any atom is 0.415 e. The van der Waals surface area contributed by atoms with E-state index in [4.69, 9.17) is 9.63 Å². The van der Waals surface area contributed by atoms with Crippen LogP contribution in [0.15, 0.2) is 20.4 Å². The predicted octanol–water partition coefficient (Wildman–Crippen LogP) is 3.59. The topological polar surface area (TPSA) is 59.2 Å². The standard InChI is InChI=1S/C10H8BrF3N2O2S/c1-4(7(17)10(12,13)14)9-15-8(16-18-9)5-2-3-6(11)19-5/h2-4,7,17H,1H3. The zero-order chi connectivity index (χ0) is 14.2. The molecule has 0 saturated heterocycles. The van der Waals surface area contributed by atoms with E-state index >= 15 is 0 Å². The number of aliphatic hydroxyl groups is 1. The Morgan fingerprint density at radius 2 is 2.11 bits per heavy atom. The van der Waals surface area contributed by atoms with Gasteiger partial charge in [0.1, 0.15) is 0 Å². The molecule has 104 valence electrons. The van der Waals surface area contributed by atoms with Gasteiger partial charge >= 0.3 is 6.18 Å². The van der Waals surface area contributed by atoms with E-state index in [1.165, 1.54) is 18.3 Å². The molecule has 2 heterocycles. The highest BCUT2D eigenvalue weighted by molar-refractivity contribution is 9.11. The number of alkyl halides is 3. The molecule has 0 fully saturated rings. The number of hydrogen-bond donors (Lipinski definition) is 1. The zero-order valence-electron chi connectivity index (χ0n) is 9.48. The Bertz CT molecular complexity index is 569. The van der Waals surface area contributed by atoms with Crippen molar-refractivity contribution in [3.8, 4) is 10.7 Å². The van der Waals surface area contributed by atoms with E-state index in [0.717, 1.165) is 3.79 Å². The number of halogens is 4. The Morgan fingerprint density at radius 3 is 2.63 bits per heavy atom. The molecule has 1 N–H and O–H groups in total. The van der Waals surface area contributed by atoms with Crippen LogP contribution in [0.2, 0.25) is 0 Å². The summed E-state index contributed by atoms with van der Waals surface area (Å²) in [4.78, 5) is 4.54. The summed E-state index contributed by atoms with van der Waals surface area (Å²) >= 11 is 4.58. The van der Waals surface area contributed by atoms with Crippen LogP contribution in [-0.2, 0) is 0 Å². The smallest absolute Gasteiger partial charge is 0.383 e. The van der Waals surface area contributed by atoms with Crippen LogP contribution < -0.4 is 0 Å². The Kier molecular flexibility index (Phi) is 3.98. The Balaban J connectivity index is 2.22. The van der Waals surface area contributed by atoms with Crippen molar-refractivity contribution in [1.82, 2.24) is 10.1 Å². The first kappa shape index (κ1) is 14.5. The zero-order valence-corrected chi connectivity index (χ0v) is 11.9. The molecule has 2 aromatic heterocycles. The van der Waals surface area contributed by atoms with Crippen LogP contribution in [0.3, 0.4) is 0 Å². The summed E-state index contributed by atoms with van der Waals surface area (Å²) in [5.41, 5.74) is 0. The summed E-state index contributed by atoms with van der Waals surface area (Å²) < 4.78 is 42.7. The average molecular weight is 357 g/mol. The van der Waals surface area contributed by atoms with Crippen LogP contribution in [0.25, 0.3) is 10.7 Å². The molecule has 0 aliphatic rings. The van der Waals surface area contributed by atoms with Crippen LogP contribution in [0.4, 0.5) is 13.2 Å². The van der Waals surface area contributed by atoms with Crippen molar-refractivity contribution in [1.29, 1.82) is 0 Å². The molecule has 0 saturated carbocycles. The first-order valence-electron chi connectivity index (χ1n) is 5.13. The summed E-state index contributed by atoms with van der Waals surface area (Å²) in [6, 6.07) is 3.48. The fourth-order valence-electron chi connectivity index (χ4n) is 1.37. The van der Waals surface area contributed by atoms with Gasteiger partial charge in [-0.15, -0.1) is 11.3 Å². The minimum Gasteiger partial charge on any atom is -0.383 e. The molecule has 4 nitrogen and oxygen atoms in total. The number of hydrogen-bond acceptors (Lipinski definition) is 5. The Labute approximate surface area is 118 Å². The molecule has 19 heavy (non-hydrogen) atoms. The summed E-state index contributed by atoms with van der Waals surface area (Å²) in [7, 11) is 0. The molecular formula is C10H8BrF3N2O2S. The molecule has 0 spiro atoms. The van der Waals surface area contributed by atoms with Crippen LogP contribution >= 0.6 is 27.3 Å². The van der Waals surface area contributed by atoms with Crippen molar-refractivity contribution in [3.05, 3.63) is 21.8 Å². The van der Waals surface area contributed by atoms with Gasteiger partial charge in [-0.3, -0.25) is 0 Å². The van der Waals surface area contributed by atoms with E-state index in [0.29, 0.717) is 4.88 Å². The molecule has 2 unspecified atom stereocenters. The van der Waals surface area contributed by atoms with Crippen molar-refractivity contribution in [2.24, 2.45) is 0 Å². The highest BCUT2D eigenvalue weighted by Gasteiger charge is 2.44. The summed E-state index contributed by atoms with van der Waals surface area (Å²) in [5.74, 6) is -1.36. The minimum absolute atomic E-state index is 0.201. The van der Waals surface area contributed by atoms with Gasteiger partial charge in [-0.2, -0.15) is 18.2 Å². The van der Waals surface area contributed by atoms with E-state index in [9.17, 15) is 13.2 Å². The molecule has 9 heteroatoms. The van der Waals surface area contributed by atoms with Crippen molar-refractivity contribution < 1.29 is 22.8 Å². The van der Waals surface area contributed by atoms with Gasteiger partial charge < -0.3 is 9.63 Å². The first-order chi connectivity index (χ1) is 8.79. The lowest BCUT2D eigenvalue weighted by Gasteiger charge is -2.17. The third kappa shape index (κ3) is 3.15. The quantitative estimate of drug-likeness (QED) is 0.912. The largest absolute Gasteiger partial charge is 0.415 e. The number of aliphatic hydroxyl groups excluding tert-OH is 1. The number of thiophene rings is 1. The summed E-state index contributed by atoms with van der Waals surface area (Å²) in [6.45, 7) is 1.18. The van der Waals surface area contributed by atoms with Crippen molar-refractivity contribution in [3.63, 3.8) is 0 Å². The van der Waals surface area contributed by atoms with Crippen molar-refractivity contribution in [2.45, 2.75) is 25.1 Å². The van der Waals surface area contributed by atoms with Gasteiger partial charge in [0.05, 0.1) is 14.6 Å². The highest BCUT2D eigenvalue weighted by atomic mass is 79.9. The number of nitrogens with zero attached hydrogens (tertiary/aromatic N) is 2. The lowest BCUT2D eigenvalue weighted by molar-refractivity contribution is -0.210. The van der Waals surface area contributed by atoms with Crippen LogP contribution in [0.1, 0.15) is 18.7 Å².